The van der Waals surface area contributed by atoms with E-state index in [-0.39, 0.29) is 12.5 Å². The van der Waals surface area contributed by atoms with Gasteiger partial charge in [0.05, 0.1) is 18.0 Å². The Morgan fingerprint density at radius 3 is 2.16 bits per heavy atom. The Bertz CT molecular complexity index is 965. The number of nitrogens with zero attached hydrogens (tertiary/aromatic N) is 2. The predicted molar refractivity (Wildman–Crippen MR) is 122 cm³/mol. The number of ether oxygens (including phenoxy) is 1. The van der Waals surface area contributed by atoms with Crippen molar-refractivity contribution in [2.24, 2.45) is 0 Å². The normalized spacial score (nSPS) is 15.7. The van der Waals surface area contributed by atoms with Gasteiger partial charge in [-0.05, 0) is 54.8 Å². The summed E-state index contributed by atoms with van der Waals surface area (Å²) < 4.78 is 32.8. The van der Waals surface area contributed by atoms with Crippen LogP contribution in [0, 0.1) is 0 Å². The van der Waals surface area contributed by atoms with Crippen molar-refractivity contribution in [2.75, 3.05) is 44.6 Å². The van der Waals surface area contributed by atoms with Crippen LogP contribution in [0.3, 0.4) is 0 Å². The number of hydrogen-bond donors (Lipinski definition) is 1. The van der Waals surface area contributed by atoms with Gasteiger partial charge in [-0.1, -0.05) is 26.0 Å². The second-order valence-corrected chi connectivity index (χ2v) is 9.85. The van der Waals surface area contributed by atoms with Crippen molar-refractivity contribution >= 4 is 21.6 Å². The van der Waals surface area contributed by atoms with E-state index >= 15 is 0 Å². The summed E-state index contributed by atoms with van der Waals surface area (Å²) >= 11 is 0. The molecule has 168 valence electrons. The van der Waals surface area contributed by atoms with Crippen LogP contribution in [0.5, 0.6) is 5.75 Å². The van der Waals surface area contributed by atoms with E-state index in [9.17, 15) is 13.2 Å². The lowest BCUT2D eigenvalue weighted by Crippen LogP contribution is -2.50. The number of benzene rings is 2. The van der Waals surface area contributed by atoms with Gasteiger partial charge in [0, 0.05) is 31.9 Å². The minimum absolute atomic E-state index is 0.121. The molecule has 3 rings (SSSR count). The molecule has 8 heteroatoms. The maximum atomic E-state index is 12.9. The van der Waals surface area contributed by atoms with Gasteiger partial charge in [-0.3, -0.25) is 9.69 Å². The molecular formula is C23H31N3O4S. The summed E-state index contributed by atoms with van der Waals surface area (Å²) in [7, 11) is -3.52. The summed E-state index contributed by atoms with van der Waals surface area (Å²) in [5.41, 5.74) is 1.82. The molecule has 0 atom stereocenters. The number of piperazine rings is 1. The molecule has 31 heavy (non-hydrogen) atoms. The van der Waals surface area contributed by atoms with Crippen LogP contribution in [0.2, 0.25) is 0 Å². The van der Waals surface area contributed by atoms with E-state index in [0.29, 0.717) is 49.3 Å². The number of sulfonamides is 1. The molecular weight excluding hydrogens is 414 g/mol. The summed E-state index contributed by atoms with van der Waals surface area (Å²) in [6.45, 7) is 8.66. The van der Waals surface area contributed by atoms with Crippen molar-refractivity contribution in [1.82, 2.24) is 9.21 Å². The number of carbonyl (C=O) groups is 1. The fraction of sp³-hybridized carbons (Fsp3) is 0.435. The molecule has 1 saturated heterocycles. The maximum Gasteiger partial charge on any atom is 0.243 e. The third-order valence-electron chi connectivity index (χ3n) is 5.33. The minimum Gasteiger partial charge on any atom is -0.494 e. The summed E-state index contributed by atoms with van der Waals surface area (Å²) in [5, 5.41) is 2.87. The highest BCUT2D eigenvalue weighted by Crippen LogP contribution is 2.21. The number of hydrogen-bond acceptors (Lipinski definition) is 5. The van der Waals surface area contributed by atoms with Gasteiger partial charge >= 0.3 is 0 Å². The highest BCUT2D eigenvalue weighted by molar-refractivity contribution is 7.89. The molecule has 1 aliphatic rings. The second kappa shape index (κ2) is 10.3. The van der Waals surface area contributed by atoms with Gasteiger partial charge in [-0.25, -0.2) is 8.42 Å². The summed E-state index contributed by atoms with van der Waals surface area (Å²) in [4.78, 5) is 14.7. The van der Waals surface area contributed by atoms with Gasteiger partial charge in [0.15, 0.2) is 0 Å². The lowest BCUT2D eigenvalue weighted by Gasteiger charge is -2.33. The molecule has 1 fully saturated rings. The molecule has 0 saturated carbocycles. The van der Waals surface area contributed by atoms with E-state index in [1.165, 1.54) is 4.31 Å². The van der Waals surface area contributed by atoms with Crippen LogP contribution < -0.4 is 10.1 Å². The number of anilines is 1. The molecule has 2 aromatic carbocycles. The SMILES string of the molecule is CCOc1ccc(NC(=O)CN2CCN(S(=O)(=O)c3ccc(C(C)C)cc3)CC2)cc1. The van der Waals surface area contributed by atoms with Crippen LogP contribution in [0.4, 0.5) is 5.69 Å². The molecule has 0 aromatic heterocycles. The molecule has 1 aliphatic heterocycles. The molecule has 7 nitrogen and oxygen atoms in total. The van der Waals surface area contributed by atoms with Gasteiger partial charge in [-0.15, -0.1) is 0 Å². The molecule has 0 unspecified atom stereocenters. The van der Waals surface area contributed by atoms with E-state index < -0.39 is 10.0 Å². The summed E-state index contributed by atoms with van der Waals surface area (Å²) in [6, 6.07) is 14.4. The van der Waals surface area contributed by atoms with Crippen molar-refractivity contribution in [3.05, 3.63) is 54.1 Å². The fourth-order valence-corrected chi connectivity index (χ4v) is 4.93. The number of rotatable bonds is 8. The first-order chi connectivity index (χ1) is 14.8. The fourth-order valence-electron chi connectivity index (χ4n) is 3.51. The van der Waals surface area contributed by atoms with E-state index in [1.54, 1.807) is 24.3 Å². The molecule has 0 bridgehead atoms. The van der Waals surface area contributed by atoms with Crippen LogP contribution in [-0.4, -0.2) is 62.9 Å². The molecule has 1 heterocycles. The first-order valence-electron chi connectivity index (χ1n) is 10.6. The average Bonchev–Trinajstić information content (AvgIpc) is 2.76. The van der Waals surface area contributed by atoms with Crippen molar-refractivity contribution < 1.29 is 17.9 Å². The van der Waals surface area contributed by atoms with Gasteiger partial charge in [0.1, 0.15) is 5.75 Å². The maximum absolute atomic E-state index is 12.9. The van der Waals surface area contributed by atoms with E-state index in [2.05, 4.69) is 19.2 Å². The molecule has 0 spiro atoms. The van der Waals surface area contributed by atoms with Crippen molar-refractivity contribution in [3.63, 3.8) is 0 Å². The quantitative estimate of drug-likeness (QED) is 0.675. The van der Waals surface area contributed by atoms with Gasteiger partial charge in [-0.2, -0.15) is 4.31 Å². The van der Waals surface area contributed by atoms with Crippen LogP contribution in [-0.2, 0) is 14.8 Å². The average molecular weight is 446 g/mol. The molecule has 1 N–H and O–H groups in total. The highest BCUT2D eigenvalue weighted by atomic mass is 32.2. The lowest BCUT2D eigenvalue weighted by atomic mass is 10.0. The summed E-state index contributed by atoms with van der Waals surface area (Å²) in [5.74, 6) is 0.996. The van der Waals surface area contributed by atoms with Crippen LogP contribution in [0.15, 0.2) is 53.4 Å². The minimum atomic E-state index is -3.52. The third-order valence-corrected chi connectivity index (χ3v) is 7.24. The number of carbonyl (C=O) groups excluding carboxylic acids is 1. The first kappa shape index (κ1) is 23.2. The standard InChI is InChI=1S/C23H31N3O4S/c1-4-30-21-9-7-20(8-10-21)24-23(27)17-25-13-15-26(16-14-25)31(28,29)22-11-5-19(6-12-22)18(2)3/h5-12,18H,4,13-17H2,1-3H3,(H,24,27). The first-order valence-corrected chi connectivity index (χ1v) is 12.1. The molecule has 2 aromatic rings. The van der Waals surface area contributed by atoms with Gasteiger partial charge < -0.3 is 10.1 Å². The largest absolute Gasteiger partial charge is 0.494 e. The Morgan fingerprint density at radius 2 is 1.61 bits per heavy atom. The Kier molecular flexibility index (Phi) is 7.69. The van der Waals surface area contributed by atoms with Crippen LogP contribution in [0.25, 0.3) is 0 Å². The van der Waals surface area contributed by atoms with Gasteiger partial charge in [0.25, 0.3) is 0 Å². The number of nitrogens with one attached hydrogen (secondary N) is 1. The second-order valence-electron chi connectivity index (χ2n) is 7.91. The predicted octanol–water partition coefficient (Wildman–Crippen LogP) is 3.15. The zero-order chi connectivity index (χ0) is 22.4. The van der Waals surface area contributed by atoms with E-state index in [0.717, 1.165) is 11.3 Å². The Labute approximate surface area is 185 Å². The van der Waals surface area contributed by atoms with E-state index in [1.807, 2.05) is 36.1 Å². The Hall–Kier alpha value is -2.42. The number of amides is 1. The smallest absolute Gasteiger partial charge is 0.243 e. The molecule has 0 aliphatic carbocycles. The Balaban J connectivity index is 1.51. The van der Waals surface area contributed by atoms with Crippen LogP contribution >= 0.6 is 0 Å². The van der Waals surface area contributed by atoms with Crippen molar-refractivity contribution in [1.29, 1.82) is 0 Å². The Morgan fingerprint density at radius 1 is 1.00 bits per heavy atom. The zero-order valence-electron chi connectivity index (χ0n) is 18.4. The van der Waals surface area contributed by atoms with Crippen molar-refractivity contribution in [3.8, 4) is 5.75 Å². The van der Waals surface area contributed by atoms with Gasteiger partial charge in [0.2, 0.25) is 15.9 Å². The highest BCUT2D eigenvalue weighted by Gasteiger charge is 2.29. The van der Waals surface area contributed by atoms with E-state index in [4.69, 9.17) is 4.74 Å². The molecule has 0 radical (unpaired) electrons. The topological polar surface area (TPSA) is 79.0 Å². The summed E-state index contributed by atoms with van der Waals surface area (Å²) in [6.07, 6.45) is 0. The zero-order valence-corrected chi connectivity index (χ0v) is 19.2. The van der Waals surface area contributed by atoms with Crippen LogP contribution in [0.1, 0.15) is 32.3 Å². The third kappa shape index (κ3) is 6.06. The molecule has 1 amide bonds. The monoisotopic (exact) mass is 445 g/mol. The lowest BCUT2D eigenvalue weighted by molar-refractivity contribution is -0.117. The van der Waals surface area contributed by atoms with Crippen molar-refractivity contribution in [2.45, 2.75) is 31.6 Å².